The van der Waals surface area contributed by atoms with E-state index < -0.39 is 0 Å². The van der Waals surface area contributed by atoms with Crippen LogP contribution in [0.4, 0.5) is 0 Å². The smallest absolute Gasteiger partial charge is 0.205 e. The van der Waals surface area contributed by atoms with Crippen molar-refractivity contribution in [3.63, 3.8) is 0 Å². The molecule has 5 heteroatoms. The van der Waals surface area contributed by atoms with Crippen LogP contribution in [-0.4, -0.2) is 12.1 Å². The van der Waals surface area contributed by atoms with Crippen LogP contribution in [-0.2, 0) is 0 Å². The summed E-state index contributed by atoms with van der Waals surface area (Å²) >= 11 is 9.26. The molecule has 0 spiro atoms. The molecule has 0 bridgehead atoms. The minimum atomic E-state index is -0.129. The zero-order valence-corrected chi connectivity index (χ0v) is 11.1. The lowest BCUT2D eigenvalue weighted by atomic mass is 10.2. The summed E-state index contributed by atoms with van der Waals surface area (Å²) in [6.45, 7) is 1.81. The van der Waals surface area contributed by atoms with E-state index in [9.17, 15) is 4.79 Å². The van der Waals surface area contributed by atoms with Gasteiger partial charge < -0.3 is 9.72 Å². The number of pyridine rings is 1. The Bertz CT molecular complexity index is 621. The first kappa shape index (κ1) is 11.5. The molecule has 0 aliphatic rings. The summed E-state index contributed by atoms with van der Waals surface area (Å²) in [5, 5.41) is 0.858. The maximum absolute atomic E-state index is 12.0. The van der Waals surface area contributed by atoms with E-state index in [4.69, 9.17) is 16.3 Å². The van der Waals surface area contributed by atoms with Crippen molar-refractivity contribution in [1.29, 1.82) is 0 Å². The first-order chi connectivity index (χ1) is 7.56. The average Bonchev–Trinajstić information content (AvgIpc) is 2.26. The summed E-state index contributed by atoms with van der Waals surface area (Å²) < 4.78 is 5.68. The molecular formula is C11H9BrClNO2. The number of nitrogens with one attached hydrogen (secondary N) is 1. The molecule has 2 rings (SSSR count). The molecule has 1 heterocycles. The van der Waals surface area contributed by atoms with Gasteiger partial charge in [0.1, 0.15) is 5.75 Å². The van der Waals surface area contributed by atoms with E-state index >= 15 is 0 Å². The lowest BCUT2D eigenvalue weighted by molar-refractivity contribution is 0.419. The Morgan fingerprint density at radius 3 is 2.75 bits per heavy atom. The van der Waals surface area contributed by atoms with Gasteiger partial charge in [-0.2, -0.15) is 0 Å². The predicted molar refractivity (Wildman–Crippen MR) is 68.6 cm³/mol. The Morgan fingerprint density at radius 2 is 2.12 bits per heavy atom. The van der Waals surface area contributed by atoms with Gasteiger partial charge in [0.25, 0.3) is 0 Å². The zero-order valence-electron chi connectivity index (χ0n) is 8.73. The van der Waals surface area contributed by atoms with E-state index in [2.05, 4.69) is 20.9 Å². The van der Waals surface area contributed by atoms with Crippen molar-refractivity contribution in [2.75, 3.05) is 7.11 Å². The van der Waals surface area contributed by atoms with Gasteiger partial charge in [-0.25, -0.2) is 0 Å². The van der Waals surface area contributed by atoms with E-state index in [1.807, 2.05) is 6.92 Å². The molecule has 0 aliphatic heterocycles. The second-order valence-corrected chi connectivity index (χ2v) is 4.59. The van der Waals surface area contributed by atoms with Gasteiger partial charge in [-0.1, -0.05) is 11.6 Å². The average molecular weight is 303 g/mol. The van der Waals surface area contributed by atoms with E-state index in [-0.39, 0.29) is 5.43 Å². The molecule has 0 unspecified atom stereocenters. The number of hydrogen-bond acceptors (Lipinski definition) is 2. The van der Waals surface area contributed by atoms with Crippen molar-refractivity contribution >= 4 is 38.4 Å². The van der Waals surface area contributed by atoms with E-state index in [0.29, 0.717) is 26.1 Å². The highest BCUT2D eigenvalue weighted by atomic mass is 79.9. The lowest BCUT2D eigenvalue weighted by Crippen LogP contribution is -2.08. The largest absolute Gasteiger partial charge is 0.495 e. The first-order valence-corrected chi connectivity index (χ1v) is 5.78. The number of H-pyrrole nitrogens is 1. The maximum atomic E-state index is 12.0. The van der Waals surface area contributed by atoms with Crippen molar-refractivity contribution in [2.45, 2.75) is 6.92 Å². The van der Waals surface area contributed by atoms with Crippen molar-refractivity contribution in [1.82, 2.24) is 4.98 Å². The fourth-order valence-corrected chi connectivity index (χ4v) is 2.14. The van der Waals surface area contributed by atoms with Gasteiger partial charge in [0.2, 0.25) is 5.43 Å². The van der Waals surface area contributed by atoms with Crippen molar-refractivity contribution < 1.29 is 4.74 Å². The molecule has 0 aliphatic carbocycles. The normalized spacial score (nSPS) is 10.8. The second kappa shape index (κ2) is 4.11. The van der Waals surface area contributed by atoms with Gasteiger partial charge in [0, 0.05) is 5.69 Å². The fraction of sp³-hybridized carbons (Fsp3) is 0.182. The standard InChI is InChI=1S/C11H9BrClNO2/c1-5-9(12)11(15)8-6(13)3-4-7(16-2)10(8)14-5/h3-4H,1-2H3,(H,14,15). The number of aromatic amines is 1. The van der Waals surface area contributed by atoms with E-state index in [1.54, 1.807) is 19.2 Å². The number of aromatic nitrogens is 1. The molecule has 1 aromatic heterocycles. The van der Waals surface area contributed by atoms with Crippen LogP contribution < -0.4 is 10.2 Å². The fourth-order valence-electron chi connectivity index (χ4n) is 1.60. The third-order valence-electron chi connectivity index (χ3n) is 2.40. The minimum absolute atomic E-state index is 0.129. The molecule has 3 nitrogen and oxygen atoms in total. The summed E-state index contributed by atoms with van der Waals surface area (Å²) in [6, 6.07) is 3.38. The van der Waals surface area contributed by atoms with Gasteiger partial charge in [0.05, 0.1) is 27.5 Å². The maximum Gasteiger partial charge on any atom is 0.205 e. The number of methoxy groups -OCH3 is 1. The number of benzene rings is 1. The quantitative estimate of drug-likeness (QED) is 0.878. The van der Waals surface area contributed by atoms with Crippen LogP contribution in [0.2, 0.25) is 5.02 Å². The third kappa shape index (κ3) is 1.62. The number of fused-ring (bicyclic) bond motifs is 1. The Hall–Kier alpha value is -1.00. The zero-order chi connectivity index (χ0) is 11.9. The highest BCUT2D eigenvalue weighted by Crippen LogP contribution is 2.29. The topological polar surface area (TPSA) is 42.1 Å². The molecule has 1 aromatic carbocycles. The van der Waals surface area contributed by atoms with Crippen molar-refractivity contribution in [3.8, 4) is 5.75 Å². The Labute approximate surface area is 106 Å². The first-order valence-electron chi connectivity index (χ1n) is 4.61. The highest BCUT2D eigenvalue weighted by Gasteiger charge is 2.13. The van der Waals surface area contributed by atoms with E-state index in [1.165, 1.54) is 0 Å². The molecule has 0 amide bonds. The molecule has 0 saturated heterocycles. The van der Waals surface area contributed by atoms with Crippen LogP contribution in [0.25, 0.3) is 10.9 Å². The van der Waals surface area contributed by atoms with Gasteiger partial charge in [-0.15, -0.1) is 0 Å². The van der Waals surface area contributed by atoms with Crippen LogP contribution in [0.15, 0.2) is 21.4 Å². The molecular weight excluding hydrogens is 293 g/mol. The Balaban J connectivity index is 3.05. The molecule has 0 fully saturated rings. The number of aryl methyl sites for hydroxylation is 1. The molecule has 2 aromatic rings. The lowest BCUT2D eigenvalue weighted by Gasteiger charge is -2.08. The molecule has 1 N–H and O–H groups in total. The molecule has 0 radical (unpaired) electrons. The molecule has 0 atom stereocenters. The predicted octanol–water partition coefficient (Wildman–Crippen LogP) is 3.26. The summed E-state index contributed by atoms with van der Waals surface area (Å²) in [7, 11) is 1.55. The number of rotatable bonds is 1. The van der Waals surface area contributed by atoms with Crippen LogP contribution in [0.3, 0.4) is 0 Å². The summed E-state index contributed by atoms with van der Waals surface area (Å²) in [4.78, 5) is 15.1. The summed E-state index contributed by atoms with van der Waals surface area (Å²) in [5.41, 5.74) is 1.24. The summed E-state index contributed by atoms with van der Waals surface area (Å²) in [6.07, 6.45) is 0. The Morgan fingerprint density at radius 1 is 1.44 bits per heavy atom. The van der Waals surface area contributed by atoms with Crippen LogP contribution in [0.5, 0.6) is 5.75 Å². The van der Waals surface area contributed by atoms with E-state index in [0.717, 1.165) is 5.69 Å². The van der Waals surface area contributed by atoms with Gasteiger partial charge in [-0.05, 0) is 35.0 Å². The van der Waals surface area contributed by atoms with Crippen LogP contribution >= 0.6 is 27.5 Å². The van der Waals surface area contributed by atoms with Crippen molar-refractivity contribution in [2.24, 2.45) is 0 Å². The SMILES string of the molecule is COc1ccc(Cl)c2c(=O)c(Br)c(C)[nH]c12. The minimum Gasteiger partial charge on any atom is -0.495 e. The summed E-state index contributed by atoms with van der Waals surface area (Å²) in [5.74, 6) is 0.604. The van der Waals surface area contributed by atoms with Crippen LogP contribution in [0.1, 0.15) is 5.69 Å². The van der Waals surface area contributed by atoms with Gasteiger partial charge in [0.15, 0.2) is 0 Å². The molecule has 84 valence electrons. The molecule has 16 heavy (non-hydrogen) atoms. The molecule has 0 saturated carbocycles. The monoisotopic (exact) mass is 301 g/mol. The van der Waals surface area contributed by atoms with Gasteiger partial charge >= 0.3 is 0 Å². The second-order valence-electron chi connectivity index (χ2n) is 3.39. The van der Waals surface area contributed by atoms with Crippen molar-refractivity contribution in [3.05, 3.63) is 37.5 Å². The highest BCUT2D eigenvalue weighted by molar-refractivity contribution is 9.10. The number of halogens is 2. The Kier molecular flexibility index (Phi) is 2.95. The number of ether oxygens (including phenoxy) is 1. The van der Waals surface area contributed by atoms with Crippen LogP contribution in [0, 0.1) is 6.92 Å². The number of hydrogen-bond donors (Lipinski definition) is 1. The third-order valence-corrected chi connectivity index (χ3v) is 3.67. The van der Waals surface area contributed by atoms with Gasteiger partial charge in [-0.3, -0.25) is 4.79 Å².